The molecule has 4 rings (SSSR count). The summed E-state index contributed by atoms with van der Waals surface area (Å²) in [6.45, 7) is 0. The molecule has 0 spiro atoms. The van der Waals surface area contributed by atoms with Crippen molar-refractivity contribution < 1.29 is 9.52 Å². The number of phenolic OH excluding ortho intramolecular Hbond substituents is 1. The van der Waals surface area contributed by atoms with E-state index in [4.69, 9.17) is 27.6 Å². The number of phenols is 1. The molecule has 142 valence electrons. The molecule has 0 radical (unpaired) electrons. The average molecular weight is 441 g/mol. The highest BCUT2D eigenvalue weighted by Gasteiger charge is 2.15. The normalized spacial score (nSPS) is 11.6. The van der Waals surface area contributed by atoms with Crippen LogP contribution in [0, 0.1) is 11.3 Å². The number of thiazole rings is 1. The van der Waals surface area contributed by atoms with Crippen LogP contribution in [0.1, 0.15) is 10.6 Å². The monoisotopic (exact) mass is 440 g/mol. The van der Waals surface area contributed by atoms with Crippen molar-refractivity contribution in [3.63, 3.8) is 0 Å². The maximum atomic E-state index is 12.4. The smallest absolute Gasteiger partial charge is 0.345 e. The minimum Gasteiger partial charge on any atom is -0.508 e. The molecule has 29 heavy (non-hydrogen) atoms. The number of rotatable bonds is 3. The van der Waals surface area contributed by atoms with E-state index >= 15 is 0 Å². The van der Waals surface area contributed by atoms with Crippen molar-refractivity contribution in [3.05, 3.63) is 78.9 Å². The van der Waals surface area contributed by atoms with Gasteiger partial charge in [-0.2, -0.15) is 5.26 Å². The number of nitriles is 1. The van der Waals surface area contributed by atoms with Gasteiger partial charge in [-0.15, -0.1) is 11.3 Å². The first-order chi connectivity index (χ1) is 13.9. The molecule has 4 aromatic rings. The van der Waals surface area contributed by atoms with E-state index in [2.05, 4.69) is 11.1 Å². The van der Waals surface area contributed by atoms with Crippen molar-refractivity contribution in [1.29, 1.82) is 5.26 Å². The Bertz CT molecular complexity index is 1370. The molecule has 2 heterocycles. The Morgan fingerprint density at radius 3 is 2.69 bits per heavy atom. The maximum absolute atomic E-state index is 12.4. The van der Waals surface area contributed by atoms with Crippen molar-refractivity contribution in [2.75, 3.05) is 0 Å². The summed E-state index contributed by atoms with van der Waals surface area (Å²) in [4.78, 5) is 16.9. The third kappa shape index (κ3) is 3.89. The number of allylic oxidation sites excluding steroid dienone is 1. The predicted molar refractivity (Wildman–Crippen MR) is 115 cm³/mol. The van der Waals surface area contributed by atoms with Gasteiger partial charge in [-0.3, -0.25) is 0 Å². The number of aromatic nitrogens is 1. The third-order valence-electron chi connectivity index (χ3n) is 4.09. The van der Waals surface area contributed by atoms with Gasteiger partial charge in [-0.05, 0) is 42.0 Å². The Kier molecular flexibility index (Phi) is 5.12. The molecule has 0 amide bonds. The predicted octanol–water partition coefficient (Wildman–Crippen LogP) is 5.99. The van der Waals surface area contributed by atoms with Crippen LogP contribution in [0.2, 0.25) is 10.0 Å². The fourth-order valence-corrected chi connectivity index (χ4v) is 4.07. The zero-order chi connectivity index (χ0) is 20.5. The summed E-state index contributed by atoms with van der Waals surface area (Å²) < 4.78 is 5.35. The summed E-state index contributed by atoms with van der Waals surface area (Å²) in [5.74, 6) is 0.139. The molecular formula is C21H10Cl2N2O3S. The molecule has 0 fully saturated rings. The number of aromatic hydroxyl groups is 1. The average Bonchev–Trinajstić information content (AvgIpc) is 3.17. The van der Waals surface area contributed by atoms with Gasteiger partial charge in [0.2, 0.25) is 0 Å². The van der Waals surface area contributed by atoms with Gasteiger partial charge in [0.05, 0.1) is 21.9 Å². The van der Waals surface area contributed by atoms with E-state index in [1.165, 1.54) is 29.5 Å². The Labute approximate surface area is 178 Å². The molecule has 0 aliphatic rings. The van der Waals surface area contributed by atoms with Gasteiger partial charge < -0.3 is 9.52 Å². The van der Waals surface area contributed by atoms with Gasteiger partial charge in [0.1, 0.15) is 16.8 Å². The standard InChI is InChI=1S/C21H10Cl2N2O3S/c22-14-6-12-7-16(21(27)28-19(12)17(23)8-14)18-10-29-20(25-18)13(9-24)5-11-1-3-15(26)4-2-11/h1-8,10,26H. The topological polar surface area (TPSA) is 87.1 Å². The largest absolute Gasteiger partial charge is 0.508 e. The van der Waals surface area contributed by atoms with Gasteiger partial charge in [0.15, 0.2) is 5.58 Å². The van der Waals surface area contributed by atoms with Gasteiger partial charge in [-0.25, -0.2) is 9.78 Å². The van der Waals surface area contributed by atoms with Crippen molar-refractivity contribution in [2.24, 2.45) is 0 Å². The number of nitrogens with zero attached hydrogens (tertiary/aromatic N) is 2. The zero-order valence-electron chi connectivity index (χ0n) is 14.5. The van der Waals surface area contributed by atoms with E-state index in [1.807, 2.05) is 0 Å². The van der Waals surface area contributed by atoms with E-state index in [1.54, 1.807) is 35.7 Å². The van der Waals surface area contributed by atoms with Crippen LogP contribution in [0.5, 0.6) is 5.75 Å². The summed E-state index contributed by atoms with van der Waals surface area (Å²) in [6.07, 6.45) is 1.66. The van der Waals surface area contributed by atoms with Gasteiger partial charge in [0.25, 0.3) is 0 Å². The van der Waals surface area contributed by atoms with Crippen LogP contribution in [0.15, 0.2) is 57.1 Å². The van der Waals surface area contributed by atoms with Crippen LogP contribution >= 0.6 is 34.5 Å². The molecular weight excluding hydrogens is 431 g/mol. The van der Waals surface area contributed by atoms with E-state index < -0.39 is 5.63 Å². The van der Waals surface area contributed by atoms with Crippen molar-refractivity contribution in [3.8, 4) is 23.1 Å². The van der Waals surface area contributed by atoms with Crippen LogP contribution in [0.25, 0.3) is 33.9 Å². The Morgan fingerprint density at radius 2 is 1.97 bits per heavy atom. The highest BCUT2D eigenvalue weighted by molar-refractivity contribution is 7.11. The first kappa shape index (κ1) is 19.2. The lowest BCUT2D eigenvalue weighted by molar-refractivity contribution is 0.475. The van der Waals surface area contributed by atoms with Crippen LogP contribution < -0.4 is 5.63 Å². The van der Waals surface area contributed by atoms with Crippen LogP contribution in [-0.2, 0) is 0 Å². The van der Waals surface area contributed by atoms with E-state index in [0.717, 1.165) is 5.56 Å². The fourth-order valence-electron chi connectivity index (χ4n) is 2.74. The first-order valence-corrected chi connectivity index (χ1v) is 9.88. The van der Waals surface area contributed by atoms with Crippen molar-refractivity contribution >= 4 is 57.2 Å². The molecule has 0 aliphatic heterocycles. The minimum atomic E-state index is -0.584. The van der Waals surface area contributed by atoms with Gasteiger partial charge in [-0.1, -0.05) is 35.3 Å². The summed E-state index contributed by atoms with van der Waals surface area (Å²) in [6, 6.07) is 13.3. The molecule has 0 saturated carbocycles. The lowest BCUT2D eigenvalue weighted by atomic mass is 10.1. The number of benzene rings is 2. The number of halogens is 2. The second kappa shape index (κ2) is 7.72. The van der Waals surface area contributed by atoms with E-state index in [9.17, 15) is 15.2 Å². The summed E-state index contributed by atoms with van der Waals surface area (Å²) in [5, 5.41) is 22.3. The Morgan fingerprint density at radius 1 is 1.21 bits per heavy atom. The molecule has 0 bridgehead atoms. The second-order valence-electron chi connectivity index (χ2n) is 6.05. The van der Waals surface area contributed by atoms with Crippen LogP contribution in [0.3, 0.4) is 0 Å². The zero-order valence-corrected chi connectivity index (χ0v) is 16.8. The first-order valence-electron chi connectivity index (χ1n) is 8.24. The van der Waals surface area contributed by atoms with E-state index in [-0.39, 0.29) is 21.9 Å². The third-order valence-corrected chi connectivity index (χ3v) is 5.46. The molecule has 0 aliphatic carbocycles. The molecule has 0 atom stereocenters. The van der Waals surface area contributed by atoms with Crippen LogP contribution in [-0.4, -0.2) is 10.1 Å². The summed E-state index contributed by atoms with van der Waals surface area (Å²) in [7, 11) is 0. The highest BCUT2D eigenvalue weighted by atomic mass is 35.5. The van der Waals surface area contributed by atoms with Crippen molar-refractivity contribution in [1.82, 2.24) is 4.98 Å². The maximum Gasteiger partial charge on any atom is 0.345 e. The number of hydrogen-bond acceptors (Lipinski definition) is 6. The second-order valence-corrected chi connectivity index (χ2v) is 7.75. The molecule has 2 aromatic carbocycles. The van der Waals surface area contributed by atoms with Crippen LogP contribution in [0.4, 0.5) is 0 Å². The highest BCUT2D eigenvalue weighted by Crippen LogP contribution is 2.31. The Balaban J connectivity index is 1.77. The SMILES string of the molecule is N#CC(=Cc1ccc(O)cc1)c1nc(-c2cc3cc(Cl)cc(Cl)c3oc2=O)cs1. The summed E-state index contributed by atoms with van der Waals surface area (Å²) >= 11 is 13.4. The van der Waals surface area contributed by atoms with Gasteiger partial charge in [0, 0.05) is 15.8 Å². The molecule has 1 N–H and O–H groups in total. The number of fused-ring (bicyclic) bond motifs is 1. The molecule has 2 aromatic heterocycles. The quantitative estimate of drug-likeness (QED) is 0.312. The minimum absolute atomic E-state index is 0.139. The Hall–Kier alpha value is -3.11. The molecule has 0 unspecified atom stereocenters. The molecule has 0 saturated heterocycles. The van der Waals surface area contributed by atoms with Gasteiger partial charge >= 0.3 is 5.63 Å². The van der Waals surface area contributed by atoms with Crippen molar-refractivity contribution in [2.45, 2.75) is 0 Å². The lowest BCUT2D eigenvalue weighted by Gasteiger charge is -2.02. The summed E-state index contributed by atoms with van der Waals surface area (Å²) in [5.41, 5.74) is 1.39. The molecule has 8 heteroatoms. The fraction of sp³-hybridized carbons (Fsp3) is 0. The number of hydrogen-bond donors (Lipinski definition) is 1. The molecule has 5 nitrogen and oxygen atoms in total. The lowest BCUT2D eigenvalue weighted by Crippen LogP contribution is -2.03. The van der Waals surface area contributed by atoms with E-state index in [0.29, 0.717) is 26.7 Å².